The number of rotatable bonds is 4. The van der Waals surface area contributed by atoms with Crippen LogP contribution in [-0.2, 0) is 6.61 Å². The second-order valence-electron chi connectivity index (χ2n) is 4.88. The Morgan fingerprint density at radius 2 is 1.83 bits per heavy atom. The molecule has 0 unspecified atom stereocenters. The molecule has 1 heterocycles. The maximum atomic E-state index is 12.1. The van der Waals surface area contributed by atoms with Crippen LogP contribution in [0.1, 0.15) is 28.4 Å². The molecule has 0 aliphatic rings. The van der Waals surface area contributed by atoms with E-state index < -0.39 is 12.4 Å². The monoisotopic (exact) mass is 364 g/mol. The molecule has 24 heavy (non-hydrogen) atoms. The quantitative estimate of drug-likeness (QED) is 0.776. The maximum Gasteiger partial charge on any atom is 0.573 e. The molecular weight excluding hydrogens is 349 g/mol. The minimum Gasteiger partial charge on any atom is -0.506 e. The summed E-state index contributed by atoms with van der Waals surface area (Å²) in [5.74, 6) is -0.523. The van der Waals surface area contributed by atoms with Crippen molar-refractivity contribution >= 4 is 12.4 Å². The molecule has 5 nitrogen and oxygen atoms in total. The Labute approximate surface area is 142 Å². The minimum atomic E-state index is -4.77. The molecule has 2 rings (SSSR count). The van der Waals surface area contributed by atoms with Gasteiger partial charge in [-0.2, -0.15) is 0 Å². The number of hydrogen-bond acceptors (Lipinski definition) is 5. The van der Waals surface area contributed by atoms with E-state index in [4.69, 9.17) is 5.73 Å². The normalized spacial score (nSPS) is 12.4. The predicted octanol–water partition coefficient (Wildman–Crippen LogP) is 2.96. The number of hydrogen-bond donors (Lipinski definition) is 3. The Bertz CT molecular complexity index is 694. The molecule has 1 atom stereocenters. The minimum absolute atomic E-state index is 0. The molecule has 0 bridgehead atoms. The van der Waals surface area contributed by atoms with E-state index in [1.54, 1.807) is 6.92 Å². The van der Waals surface area contributed by atoms with Gasteiger partial charge in [0, 0.05) is 17.3 Å². The van der Waals surface area contributed by atoms with E-state index >= 15 is 0 Å². The number of pyridine rings is 1. The van der Waals surface area contributed by atoms with Crippen molar-refractivity contribution in [1.29, 1.82) is 0 Å². The van der Waals surface area contributed by atoms with Crippen LogP contribution in [0.5, 0.6) is 11.5 Å². The number of halogens is 4. The fourth-order valence-corrected chi connectivity index (χ4v) is 2.17. The average molecular weight is 365 g/mol. The van der Waals surface area contributed by atoms with Gasteiger partial charge < -0.3 is 20.7 Å². The van der Waals surface area contributed by atoms with Crippen molar-refractivity contribution in [2.24, 2.45) is 5.73 Å². The molecule has 0 radical (unpaired) electrons. The zero-order valence-electron chi connectivity index (χ0n) is 12.5. The number of nitrogens with two attached hydrogens (primary N) is 1. The number of aromatic nitrogens is 1. The van der Waals surface area contributed by atoms with E-state index in [2.05, 4.69) is 9.72 Å². The van der Waals surface area contributed by atoms with Crippen LogP contribution in [0.15, 0.2) is 30.5 Å². The average Bonchev–Trinajstić information content (AvgIpc) is 2.48. The highest BCUT2D eigenvalue weighted by atomic mass is 35.5. The summed E-state index contributed by atoms with van der Waals surface area (Å²) < 4.78 is 40.2. The molecular formula is C15H16ClF3N2O3. The van der Waals surface area contributed by atoms with Gasteiger partial charge in [-0.25, -0.2) is 0 Å². The molecule has 0 saturated carbocycles. The third-order valence-electron chi connectivity index (χ3n) is 3.31. The Morgan fingerprint density at radius 3 is 2.33 bits per heavy atom. The van der Waals surface area contributed by atoms with Crippen molar-refractivity contribution < 1.29 is 28.1 Å². The maximum absolute atomic E-state index is 12.1. The lowest BCUT2D eigenvalue weighted by Crippen LogP contribution is -2.18. The van der Waals surface area contributed by atoms with Gasteiger partial charge >= 0.3 is 6.36 Å². The smallest absolute Gasteiger partial charge is 0.506 e. The van der Waals surface area contributed by atoms with Gasteiger partial charge in [0.1, 0.15) is 11.5 Å². The highest BCUT2D eigenvalue weighted by molar-refractivity contribution is 5.85. The molecule has 0 aliphatic heterocycles. The summed E-state index contributed by atoms with van der Waals surface area (Å²) >= 11 is 0. The summed E-state index contributed by atoms with van der Waals surface area (Å²) in [5.41, 5.74) is 7.49. The molecule has 0 aliphatic carbocycles. The van der Waals surface area contributed by atoms with E-state index in [0.29, 0.717) is 16.8 Å². The molecule has 1 aromatic heterocycles. The van der Waals surface area contributed by atoms with Crippen LogP contribution in [0.25, 0.3) is 0 Å². The summed E-state index contributed by atoms with van der Waals surface area (Å²) in [6, 6.07) is 4.15. The van der Waals surface area contributed by atoms with Crippen molar-refractivity contribution in [3.8, 4) is 11.5 Å². The van der Waals surface area contributed by atoms with E-state index in [1.165, 1.54) is 18.3 Å². The molecule has 0 fully saturated rings. The first-order chi connectivity index (χ1) is 10.7. The Kier molecular flexibility index (Phi) is 6.42. The second kappa shape index (κ2) is 7.69. The van der Waals surface area contributed by atoms with Crippen LogP contribution in [0.4, 0.5) is 13.2 Å². The summed E-state index contributed by atoms with van der Waals surface area (Å²) in [4.78, 5) is 3.93. The fraction of sp³-hybridized carbons (Fsp3) is 0.267. The molecule has 132 valence electrons. The van der Waals surface area contributed by atoms with Crippen molar-refractivity contribution in [2.45, 2.75) is 25.9 Å². The van der Waals surface area contributed by atoms with Gasteiger partial charge in [0.15, 0.2) is 0 Å². The lowest BCUT2D eigenvalue weighted by Gasteiger charge is -2.19. The topological polar surface area (TPSA) is 88.6 Å². The molecule has 0 saturated heterocycles. The summed E-state index contributed by atoms with van der Waals surface area (Å²) in [7, 11) is 0. The Hall–Kier alpha value is -2.03. The summed E-state index contributed by atoms with van der Waals surface area (Å²) in [6.45, 7) is 1.20. The summed E-state index contributed by atoms with van der Waals surface area (Å²) in [6.07, 6.45) is -3.38. The zero-order chi connectivity index (χ0) is 17.2. The fourth-order valence-electron chi connectivity index (χ4n) is 2.17. The molecule has 9 heteroatoms. The lowest BCUT2D eigenvalue weighted by atomic mass is 9.95. The first-order valence-corrected chi connectivity index (χ1v) is 6.62. The standard InChI is InChI=1S/C15H15F3N2O3.ClH/c1-8-14(22)12(10(7-21)6-20-8)13(19)9-2-4-11(5-3-9)23-15(16,17)18;/h2-6,13,21-22H,7,19H2,1H3;1H/t13-;/m1./s1. The second-order valence-corrected chi connectivity index (χ2v) is 4.88. The van der Waals surface area contributed by atoms with Gasteiger partial charge in [0.2, 0.25) is 0 Å². The van der Waals surface area contributed by atoms with E-state index in [0.717, 1.165) is 12.1 Å². The van der Waals surface area contributed by atoms with E-state index in [1.807, 2.05) is 0 Å². The SMILES string of the molecule is Cc1ncc(CO)c([C@H](N)c2ccc(OC(F)(F)F)cc2)c1O.Cl. The number of aromatic hydroxyl groups is 1. The molecule has 0 spiro atoms. The predicted molar refractivity (Wildman–Crippen MR) is 83.0 cm³/mol. The molecule has 1 aromatic carbocycles. The van der Waals surface area contributed by atoms with Crippen LogP contribution in [-0.4, -0.2) is 21.6 Å². The van der Waals surface area contributed by atoms with Crippen LogP contribution in [0.2, 0.25) is 0 Å². The van der Waals surface area contributed by atoms with Gasteiger partial charge in [-0.05, 0) is 24.6 Å². The third kappa shape index (κ3) is 4.50. The van der Waals surface area contributed by atoms with Crippen LogP contribution in [0.3, 0.4) is 0 Å². The van der Waals surface area contributed by atoms with Crippen molar-refractivity contribution in [2.75, 3.05) is 0 Å². The van der Waals surface area contributed by atoms with Gasteiger partial charge in [-0.3, -0.25) is 4.98 Å². The first-order valence-electron chi connectivity index (χ1n) is 6.62. The van der Waals surface area contributed by atoms with E-state index in [-0.39, 0.29) is 36.1 Å². The number of aliphatic hydroxyl groups excluding tert-OH is 1. The number of aryl methyl sites for hydroxylation is 1. The van der Waals surface area contributed by atoms with Gasteiger partial charge in [0.25, 0.3) is 0 Å². The largest absolute Gasteiger partial charge is 0.573 e. The van der Waals surface area contributed by atoms with Crippen LogP contribution >= 0.6 is 12.4 Å². The van der Waals surface area contributed by atoms with Crippen molar-refractivity contribution in [1.82, 2.24) is 4.98 Å². The number of alkyl halides is 3. The lowest BCUT2D eigenvalue weighted by molar-refractivity contribution is -0.274. The van der Waals surface area contributed by atoms with Crippen molar-refractivity contribution in [3.05, 3.63) is 52.8 Å². The van der Waals surface area contributed by atoms with E-state index in [9.17, 15) is 23.4 Å². The number of ether oxygens (including phenoxy) is 1. The zero-order valence-corrected chi connectivity index (χ0v) is 13.4. The molecule has 2 aromatic rings. The first kappa shape index (κ1) is 20.0. The summed E-state index contributed by atoms with van der Waals surface area (Å²) in [5, 5.41) is 19.5. The third-order valence-corrected chi connectivity index (χ3v) is 3.31. The highest BCUT2D eigenvalue weighted by Crippen LogP contribution is 2.33. The van der Waals surface area contributed by atoms with Gasteiger partial charge in [-0.15, -0.1) is 25.6 Å². The van der Waals surface area contributed by atoms with Gasteiger partial charge in [-0.1, -0.05) is 12.1 Å². The van der Waals surface area contributed by atoms with Crippen LogP contribution in [0, 0.1) is 6.92 Å². The van der Waals surface area contributed by atoms with Crippen molar-refractivity contribution in [3.63, 3.8) is 0 Å². The number of aliphatic hydroxyl groups is 1. The number of benzene rings is 1. The van der Waals surface area contributed by atoms with Crippen LogP contribution < -0.4 is 10.5 Å². The Morgan fingerprint density at radius 1 is 1.25 bits per heavy atom. The molecule has 4 N–H and O–H groups in total. The van der Waals surface area contributed by atoms with Gasteiger partial charge in [0.05, 0.1) is 18.3 Å². The number of nitrogens with zero attached hydrogens (tertiary/aromatic N) is 1. The highest BCUT2D eigenvalue weighted by Gasteiger charge is 2.31. The Balaban J connectivity index is 0.00000288. The molecule has 0 amide bonds.